The monoisotopic (exact) mass is 672 g/mol. The number of carbonyl (C=O) groups excluding carboxylic acids is 1. The molecule has 3 aromatic carbocycles. The van der Waals surface area contributed by atoms with E-state index in [2.05, 4.69) is 72.5 Å². The summed E-state index contributed by atoms with van der Waals surface area (Å²) in [6.07, 6.45) is 0.476. The molecule has 4 aromatic rings. The van der Waals surface area contributed by atoms with Crippen molar-refractivity contribution in [2.75, 3.05) is 51.5 Å². The lowest BCUT2D eigenvalue weighted by atomic mass is 9.93. The number of fused-ring (bicyclic) bond motifs is 5. The van der Waals surface area contributed by atoms with Crippen molar-refractivity contribution >= 4 is 38.4 Å². The highest BCUT2D eigenvalue weighted by Crippen LogP contribution is 2.45. The molecule has 13 heteroatoms. The Hall–Kier alpha value is -3.85. The predicted molar refractivity (Wildman–Crippen MR) is 183 cm³/mol. The van der Waals surface area contributed by atoms with Crippen molar-refractivity contribution in [1.29, 1.82) is 0 Å². The summed E-state index contributed by atoms with van der Waals surface area (Å²) < 4.78 is 27.4. The Balaban J connectivity index is 1.11. The number of amides is 2. The van der Waals surface area contributed by atoms with Gasteiger partial charge in [-0.15, -0.1) is 0 Å². The van der Waals surface area contributed by atoms with Crippen LogP contribution in [-0.4, -0.2) is 102 Å². The number of nitrogen functional groups attached to an aromatic ring is 1. The maximum atomic E-state index is 13.7. The molecule has 0 aliphatic carbocycles. The lowest BCUT2D eigenvalue weighted by molar-refractivity contribution is -0.294. The number of epoxide rings is 1. The topological polar surface area (TPSA) is 106 Å². The van der Waals surface area contributed by atoms with E-state index in [4.69, 9.17) is 15.2 Å². The van der Waals surface area contributed by atoms with Crippen LogP contribution in [0.2, 0.25) is 0 Å². The second kappa shape index (κ2) is 12.6. The zero-order chi connectivity index (χ0) is 33.1. The normalized spacial score (nSPS) is 26.9. The molecule has 0 saturated carbocycles. The number of hydrazine groups is 1. The molecule has 6 atom stereocenters. The number of anilines is 2. The number of nitrogens with zero attached hydrogens (tertiary/aromatic N) is 6. The first-order chi connectivity index (χ1) is 23.2. The standard InChI is InChI=1S/C35H41FN8O3S/c1-40(2)26-13-9-21(10-14-26)15-27-31-33(47-31)42(17-23-5-4-6-28-30(23)39-34(37)48-28)19-29-43(18-24-20-46-32(24)44(27)29)41(3)35(45)38-16-22-7-11-25(36)12-8-22/h4-14,24,27,29,31-33H,15-20H2,1-3H3,(H2,37,39)(H,38,45)/t24?,27-,29+,31?,32?,33?/m0/s1. The van der Waals surface area contributed by atoms with Gasteiger partial charge in [-0.1, -0.05) is 47.7 Å². The number of hydrogen-bond acceptors (Lipinski definition) is 10. The lowest BCUT2D eigenvalue weighted by Gasteiger charge is -2.59. The number of carbonyl (C=O) groups is 1. The second-order valence-corrected chi connectivity index (χ2v) is 14.5. The number of nitrogens with two attached hydrogens (primary N) is 1. The average molecular weight is 673 g/mol. The number of hydrogen-bond donors (Lipinski definition) is 2. The van der Waals surface area contributed by atoms with E-state index < -0.39 is 0 Å². The number of para-hydroxylation sites is 1. The minimum absolute atomic E-state index is 0.0226. The van der Waals surface area contributed by atoms with E-state index in [-0.39, 0.29) is 48.5 Å². The summed E-state index contributed by atoms with van der Waals surface area (Å²) in [4.78, 5) is 25.3. The fraction of sp³-hybridized carbons (Fsp3) is 0.429. The first kappa shape index (κ1) is 31.4. The van der Waals surface area contributed by atoms with Crippen LogP contribution in [0.25, 0.3) is 10.2 Å². The molecule has 48 heavy (non-hydrogen) atoms. The number of urea groups is 1. The highest BCUT2D eigenvalue weighted by Gasteiger charge is 2.61. The fourth-order valence-electron chi connectivity index (χ4n) is 7.50. The quantitative estimate of drug-likeness (QED) is 0.270. The molecule has 3 N–H and O–H groups in total. The van der Waals surface area contributed by atoms with Crippen molar-refractivity contribution in [3.63, 3.8) is 0 Å². The maximum absolute atomic E-state index is 13.7. The van der Waals surface area contributed by atoms with Gasteiger partial charge in [-0.3, -0.25) is 14.8 Å². The highest BCUT2D eigenvalue weighted by atomic mass is 32.1. The Morgan fingerprint density at radius 3 is 2.54 bits per heavy atom. The van der Waals surface area contributed by atoms with Gasteiger partial charge in [0.1, 0.15) is 24.4 Å². The van der Waals surface area contributed by atoms with Gasteiger partial charge >= 0.3 is 6.03 Å². The fourth-order valence-corrected chi connectivity index (χ4v) is 8.28. The van der Waals surface area contributed by atoms with E-state index in [1.54, 1.807) is 17.1 Å². The number of ether oxygens (including phenoxy) is 2. The van der Waals surface area contributed by atoms with E-state index in [1.807, 2.05) is 21.1 Å². The Kier molecular flexibility index (Phi) is 8.22. The van der Waals surface area contributed by atoms with Crippen LogP contribution in [0.4, 0.5) is 20.0 Å². The van der Waals surface area contributed by atoms with Crippen molar-refractivity contribution in [3.05, 3.63) is 89.2 Å². The van der Waals surface area contributed by atoms with Gasteiger partial charge in [-0.25, -0.2) is 14.2 Å². The van der Waals surface area contributed by atoms with Crippen molar-refractivity contribution in [2.24, 2.45) is 5.92 Å². The third kappa shape index (κ3) is 5.88. The number of aromatic nitrogens is 1. The number of nitrogens with one attached hydrogen (secondary N) is 1. The number of thiazole rings is 1. The first-order valence-electron chi connectivity index (χ1n) is 16.4. The van der Waals surface area contributed by atoms with Gasteiger partial charge in [0.05, 0.1) is 23.0 Å². The predicted octanol–water partition coefficient (Wildman–Crippen LogP) is 3.91. The Labute approximate surface area is 283 Å². The molecule has 4 aliphatic rings. The molecule has 0 spiro atoms. The van der Waals surface area contributed by atoms with Crippen molar-refractivity contribution < 1.29 is 18.7 Å². The molecule has 8 rings (SSSR count). The zero-order valence-electron chi connectivity index (χ0n) is 27.3. The first-order valence-corrected chi connectivity index (χ1v) is 17.3. The summed E-state index contributed by atoms with van der Waals surface area (Å²) in [7, 11) is 5.93. The van der Waals surface area contributed by atoms with Crippen molar-refractivity contribution in [3.8, 4) is 0 Å². The molecule has 2 amide bonds. The van der Waals surface area contributed by atoms with E-state index in [0.29, 0.717) is 37.9 Å². The van der Waals surface area contributed by atoms with Crippen LogP contribution in [0, 0.1) is 11.7 Å². The molecule has 1 aromatic heterocycles. The summed E-state index contributed by atoms with van der Waals surface area (Å²) in [6.45, 7) is 2.91. The van der Waals surface area contributed by atoms with E-state index in [1.165, 1.54) is 29.0 Å². The maximum Gasteiger partial charge on any atom is 0.331 e. The van der Waals surface area contributed by atoms with Crippen molar-refractivity contribution in [2.45, 2.75) is 50.3 Å². The largest absolute Gasteiger partial charge is 0.378 e. The van der Waals surface area contributed by atoms with E-state index >= 15 is 0 Å². The molecule has 5 heterocycles. The van der Waals surface area contributed by atoms with Crippen molar-refractivity contribution in [1.82, 2.24) is 30.1 Å². The smallest absolute Gasteiger partial charge is 0.331 e. The molecule has 4 unspecified atom stereocenters. The van der Waals surface area contributed by atoms with Gasteiger partial charge in [0.15, 0.2) is 5.13 Å². The SMILES string of the molecule is CN(C)c1ccc(C[C@H]2C3OC3N(Cc3cccc4sc(N)nc34)C[C@H]3N2C2OCC2CN3N(C)C(=O)NCc2ccc(F)cc2)cc1. The van der Waals surface area contributed by atoms with Gasteiger partial charge in [0, 0.05) is 65.0 Å². The van der Waals surface area contributed by atoms with Gasteiger partial charge in [0.2, 0.25) is 0 Å². The summed E-state index contributed by atoms with van der Waals surface area (Å²) >= 11 is 1.50. The molecule has 4 aliphatic heterocycles. The molecule has 4 saturated heterocycles. The summed E-state index contributed by atoms with van der Waals surface area (Å²) in [5.41, 5.74) is 11.4. The second-order valence-electron chi connectivity index (χ2n) is 13.4. The third-order valence-electron chi connectivity index (χ3n) is 10.1. The molecule has 4 fully saturated rings. The van der Waals surface area contributed by atoms with Crippen LogP contribution >= 0.6 is 11.3 Å². The lowest BCUT2D eigenvalue weighted by Crippen LogP contribution is -2.75. The summed E-state index contributed by atoms with van der Waals surface area (Å²) in [5, 5.41) is 7.51. The number of benzene rings is 3. The van der Waals surface area contributed by atoms with Gasteiger partial charge in [-0.05, 0) is 53.4 Å². The third-order valence-corrected chi connectivity index (χ3v) is 11.0. The molecule has 11 nitrogen and oxygen atoms in total. The molecule has 0 radical (unpaired) electrons. The summed E-state index contributed by atoms with van der Waals surface area (Å²) in [5.74, 6) is -0.0480. The summed E-state index contributed by atoms with van der Waals surface area (Å²) in [6, 6.07) is 21.0. The van der Waals surface area contributed by atoms with Crippen LogP contribution in [-0.2, 0) is 29.0 Å². The Morgan fingerprint density at radius 1 is 1.04 bits per heavy atom. The van der Waals surface area contributed by atoms with Crippen LogP contribution in [0.1, 0.15) is 16.7 Å². The molecule has 0 bridgehead atoms. The van der Waals surface area contributed by atoms with Crippen LogP contribution in [0.3, 0.4) is 0 Å². The number of halogens is 1. The molecule has 252 valence electrons. The minimum Gasteiger partial charge on any atom is -0.378 e. The van der Waals surface area contributed by atoms with Crippen LogP contribution in [0.15, 0.2) is 66.7 Å². The minimum atomic E-state index is -0.300. The zero-order valence-corrected chi connectivity index (χ0v) is 28.1. The highest BCUT2D eigenvalue weighted by molar-refractivity contribution is 7.22. The Morgan fingerprint density at radius 2 is 1.81 bits per heavy atom. The van der Waals surface area contributed by atoms with Gasteiger partial charge in [0.25, 0.3) is 0 Å². The van der Waals surface area contributed by atoms with E-state index in [9.17, 15) is 9.18 Å². The van der Waals surface area contributed by atoms with E-state index in [0.717, 1.165) is 33.5 Å². The molecular weight excluding hydrogens is 632 g/mol. The number of rotatable bonds is 8. The van der Waals surface area contributed by atoms with Crippen LogP contribution in [0.5, 0.6) is 0 Å². The van der Waals surface area contributed by atoms with Crippen LogP contribution < -0.4 is 16.0 Å². The average Bonchev–Trinajstić information content (AvgIpc) is 3.78. The molecular formula is C35H41FN8O3S. The van der Waals surface area contributed by atoms with Gasteiger partial charge < -0.3 is 25.4 Å². The Bertz CT molecular complexity index is 1790. The van der Waals surface area contributed by atoms with Gasteiger partial charge in [-0.2, -0.15) is 5.01 Å².